The smallest absolute Gasteiger partial charge is 0.273 e. The first kappa shape index (κ1) is 14.0. The highest BCUT2D eigenvalue weighted by Gasteiger charge is 2.09. The van der Waals surface area contributed by atoms with E-state index >= 15 is 0 Å². The number of ether oxygens (including phenoxy) is 1. The minimum Gasteiger partial charge on any atom is -0.493 e. The lowest BCUT2D eigenvalue weighted by atomic mass is 10.2. The molecule has 0 heterocycles. The Balaban J connectivity index is 2.48. The molecule has 0 spiro atoms. The molecule has 1 aromatic carbocycles. The lowest BCUT2D eigenvalue weighted by molar-refractivity contribution is -0.384. The number of nitro benzene ring substituents is 1. The fraction of sp³-hybridized carbons (Fsp3) is 0.417. The van der Waals surface area contributed by atoms with Gasteiger partial charge in [-0.15, -0.1) is 0 Å². The van der Waals surface area contributed by atoms with Gasteiger partial charge >= 0.3 is 0 Å². The van der Waals surface area contributed by atoms with Gasteiger partial charge in [0.1, 0.15) is 5.75 Å². The normalized spacial score (nSPS) is 10.1. The second kappa shape index (κ2) is 6.58. The first-order valence-electron chi connectivity index (χ1n) is 5.71. The molecule has 0 aliphatic heterocycles. The van der Waals surface area contributed by atoms with E-state index in [9.17, 15) is 10.1 Å². The molecule has 0 atom stereocenters. The van der Waals surface area contributed by atoms with Gasteiger partial charge in [-0.2, -0.15) is 0 Å². The summed E-state index contributed by atoms with van der Waals surface area (Å²) in [6, 6.07) is 4.56. The van der Waals surface area contributed by atoms with Crippen LogP contribution in [-0.2, 0) is 0 Å². The maximum absolute atomic E-state index is 10.6. The van der Waals surface area contributed by atoms with Crippen LogP contribution in [0.25, 0.3) is 0 Å². The molecular formula is C12H17N3O3. The third-order valence-corrected chi connectivity index (χ3v) is 2.48. The molecule has 0 saturated carbocycles. The van der Waals surface area contributed by atoms with Gasteiger partial charge in [-0.25, -0.2) is 0 Å². The summed E-state index contributed by atoms with van der Waals surface area (Å²) >= 11 is 0. The molecule has 0 radical (unpaired) electrons. The average Bonchev–Trinajstić information content (AvgIpc) is 2.30. The molecule has 6 heteroatoms. The SMILES string of the molecule is Cc1ccc([N+](=O)[O-])cc1OCCCCC(=N)N. The number of nitrogens with one attached hydrogen (secondary N) is 1. The Morgan fingerprint density at radius 3 is 2.83 bits per heavy atom. The number of hydrogen-bond donors (Lipinski definition) is 2. The predicted octanol–water partition coefficient (Wildman–Crippen LogP) is 2.39. The van der Waals surface area contributed by atoms with Crippen LogP contribution in [-0.4, -0.2) is 17.4 Å². The van der Waals surface area contributed by atoms with Crippen LogP contribution >= 0.6 is 0 Å². The van der Waals surface area contributed by atoms with Gasteiger partial charge in [0, 0.05) is 12.5 Å². The molecular weight excluding hydrogens is 234 g/mol. The number of rotatable bonds is 7. The summed E-state index contributed by atoms with van der Waals surface area (Å²) in [7, 11) is 0. The van der Waals surface area contributed by atoms with Gasteiger partial charge in [-0.05, 0) is 31.4 Å². The van der Waals surface area contributed by atoms with Crippen LogP contribution in [0, 0.1) is 22.4 Å². The number of unbranched alkanes of at least 4 members (excludes halogenated alkanes) is 1. The van der Waals surface area contributed by atoms with E-state index in [0.717, 1.165) is 18.4 Å². The van der Waals surface area contributed by atoms with E-state index in [1.54, 1.807) is 6.07 Å². The minimum absolute atomic E-state index is 0.0272. The van der Waals surface area contributed by atoms with Gasteiger partial charge in [0.05, 0.1) is 23.4 Å². The van der Waals surface area contributed by atoms with E-state index in [0.29, 0.717) is 18.8 Å². The van der Waals surface area contributed by atoms with Crippen LogP contribution in [0.1, 0.15) is 24.8 Å². The molecule has 1 aromatic rings. The summed E-state index contributed by atoms with van der Waals surface area (Å²) in [6.45, 7) is 2.31. The van der Waals surface area contributed by atoms with Gasteiger partial charge in [0.25, 0.3) is 5.69 Å². The monoisotopic (exact) mass is 251 g/mol. The molecule has 3 N–H and O–H groups in total. The number of nitrogens with two attached hydrogens (primary N) is 1. The third kappa shape index (κ3) is 4.40. The van der Waals surface area contributed by atoms with Crippen LogP contribution < -0.4 is 10.5 Å². The highest BCUT2D eigenvalue weighted by atomic mass is 16.6. The highest BCUT2D eigenvalue weighted by Crippen LogP contribution is 2.24. The number of benzene rings is 1. The van der Waals surface area contributed by atoms with Gasteiger partial charge < -0.3 is 10.5 Å². The van der Waals surface area contributed by atoms with Gasteiger partial charge in [0.15, 0.2) is 0 Å². The first-order chi connectivity index (χ1) is 8.50. The Bertz CT molecular complexity index is 446. The fourth-order valence-electron chi connectivity index (χ4n) is 1.46. The largest absolute Gasteiger partial charge is 0.493 e. The molecule has 1 rings (SSSR count). The molecule has 0 unspecified atom stereocenters. The zero-order valence-corrected chi connectivity index (χ0v) is 10.3. The summed E-state index contributed by atoms with van der Waals surface area (Å²) in [6.07, 6.45) is 2.10. The van der Waals surface area contributed by atoms with E-state index in [2.05, 4.69) is 0 Å². The standard InChI is InChI=1S/C12H17N3O3/c1-9-5-6-10(15(16)17)8-11(9)18-7-3-2-4-12(13)14/h5-6,8H,2-4,7H2,1H3,(H3,13,14). The highest BCUT2D eigenvalue weighted by molar-refractivity contribution is 5.76. The van der Waals surface area contributed by atoms with Crippen molar-refractivity contribution < 1.29 is 9.66 Å². The predicted molar refractivity (Wildman–Crippen MR) is 69.1 cm³/mol. The minimum atomic E-state index is -0.442. The lowest BCUT2D eigenvalue weighted by Crippen LogP contribution is -2.09. The topological polar surface area (TPSA) is 102 Å². The van der Waals surface area contributed by atoms with Crippen molar-refractivity contribution >= 4 is 11.5 Å². The van der Waals surface area contributed by atoms with Crippen LogP contribution in [0.4, 0.5) is 5.69 Å². The third-order valence-electron chi connectivity index (χ3n) is 2.48. The van der Waals surface area contributed by atoms with E-state index in [-0.39, 0.29) is 11.5 Å². The van der Waals surface area contributed by atoms with E-state index in [1.165, 1.54) is 12.1 Å². The molecule has 18 heavy (non-hydrogen) atoms. The van der Waals surface area contributed by atoms with Gasteiger partial charge in [-0.1, -0.05) is 0 Å². The number of nitro groups is 1. The molecule has 0 bridgehead atoms. The van der Waals surface area contributed by atoms with Crippen molar-refractivity contribution in [1.29, 1.82) is 5.41 Å². The van der Waals surface area contributed by atoms with E-state index in [1.807, 2.05) is 6.92 Å². The molecule has 0 fully saturated rings. The summed E-state index contributed by atoms with van der Waals surface area (Å²) in [5.74, 6) is 0.702. The van der Waals surface area contributed by atoms with Crippen molar-refractivity contribution in [3.63, 3.8) is 0 Å². The summed E-state index contributed by atoms with van der Waals surface area (Å²) in [4.78, 5) is 10.2. The zero-order valence-electron chi connectivity index (χ0n) is 10.3. The maximum Gasteiger partial charge on any atom is 0.273 e. The summed E-state index contributed by atoms with van der Waals surface area (Å²) < 4.78 is 5.49. The van der Waals surface area contributed by atoms with Crippen LogP contribution in [0.15, 0.2) is 18.2 Å². The second-order valence-corrected chi connectivity index (χ2v) is 4.04. The van der Waals surface area contributed by atoms with Crippen molar-refractivity contribution in [3.05, 3.63) is 33.9 Å². The van der Waals surface area contributed by atoms with Crippen molar-refractivity contribution in [2.45, 2.75) is 26.2 Å². The van der Waals surface area contributed by atoms with Crippen LogP contribution in [0.5, 0.6) is 5.75 Å². The van der Waals surface area contributed by atoms with Crippen molar-refractivity contribution in [1.82, 2.24) is 0 Å². The molecule has 98 valence electrons. The molecule has 0 saturated heterocycles. The molecule has 6 nitrogen and oxygen atoms in total. The second-order valence-electron chi connectivity index (χ2n) is 4.04. The molecule has 0 aliphatic carbocycles. The number of hydrogen-bond acceptors (Lipinski definition) is 4. The Morgan fingerprint density at radius 2 is 2.22 bits per heavy atom. The molecule has 0 aromatic heterocycles. The van der Waals surface area contributed by atoms with Crippen LogP contribution in [0.2, 0.25) is 0 Å². The van der Waals surface area contributed by atoms with E-state index in [4.69, 9.17) is 15.9 Å². The van der Waals surface area contributed by atoms with Crippen molar-refractivity contribution in [2.75, 3.05) is 6.61 Å². The van der Waals surface area contributed by atoms with E-state index < -0.39 is 4.92 Å². The Morgan fingerprint density at radius 1 is 1.50 bits per heavy atom. The number of nitrogens with zero attached hydrogens (tertiary/aromatic N) is 1. The number of aryl methyl sites for hydroxylation is 1. The average molecular weight is 251 g/mol. The molecule has 0 amide bonds. The summed E-state index contributed by atoms with van der Waals surface area (Å²) in [5.41, 5.74) is 6.13. The maximum atomic E-state index is 10.6. The molecule has 0 aliphatic rings. The fourth-order valence-corrected chi connectivity index (χ4v) is 1.46. The van der Waals surface area contributed by atoms with Gasteiger partial charge in [0.2, 0.25) is 0 Å². The first-order valence-corrected chi connectivity index (χ1v) is 5.71. The Hall–Kier alpha value is -2.11. The lowest BCUT2D eigenvalue weighted by Gasteiger charge is -2.08. The number of non-ortho nitro benzene ring substituents is 1. The van der Waals surface area contributed by atoms with Crippen LogP contribution in [0.3, 0.4) is 0 Å². The number of amidine groups is 1. The quantitative estimate of drug-likeness (QED) is 0.255. The zero-order chi connectivity index (χ0) is 13.5. The Kier molecular flexibility index (Phi) is 5.10. The Labute approximate surface area is 105 Å². The van der Waals surface area contributed by atoms with Crippen molar-refractivity contribution in [2.24, 2.45) is 5.73 Å². The summed E-state index contributed by atoms with van der Waals surface area (Å²) in [5, 5.41) is 17.7. The van der Waals surface area contributed by atoms with Gasteiger partial charge in [-0.3, -0.25) is 15.5 Å². The van der Waals surface area contributed by atoms with Crippen molar-refractivity contribution in [3.8, 4) is 5.75 Å².